The minimum absolute atomic E-state index is 0.0811. The minimum Gasteiger partial charge on any atom is -0.493 e. The molecular formula is C14H14ClN3O3S. The first kappa shape index (κ1) is 16.4. The predicted octanol–water partition coefficient (Wildman–Crippen LogP) is 2.47. The fourth-order valence-corrected chi connectivity index (χ4v) is 2.43. The number of carbonyl (C=O) groups is 1. The van der Waals surface area contributed by atoms with E-state index in [0.717, 1.165) is 0 Å². The lowest BCUT2D eigenvalue weighted by Crippen LogP contribution is -2.19. The van der Waals surface area contributed by atoms with Crippen LogP contribution in [0.5, 0.6) is 11.5 Å². The summed E-state index contributed by atoms with van der Waals surface area (Å²) in [4.78, 5) is 11.0. The minimum atomic E-state index is -0.0811. The maximum absolute atomic E-state index is 11.0. The molecule has 0 saturated carbocycles. The summed E-state index contributed by atoms with van der Waals surface area (Å²) in [7, 11) is 1.54. The third-order valence-electron chi connectivity index (χ3n) is 2.57. The topological polar surface area (TPSA) is 72.3 Å². The Morgan fingerprint density at radius 3 is 2.95 bits per heavy atom. The predicted molar refractivity (Wildman–Crippen MR) is 89.3 cm³/mol. The molecule has 0 spiro atoms. The van der Waals surface area contributed by atoms with Crippen molar-refractivity contribution in [3.8, 4) is 11.5 Å². The van der Waals surface area contributed by atoms with Crippen LogP contribution in [0.1, 0.15) is 5.56 Å². The molecule has 0 atom stereocenters. The standard InChI is InChI=1S/C14H14ClN3O3S/c1-3-4-21-12-6-10(15)9(5-11(12)20-2)7-16-18-14-17-13(19)8-22-14/h3,5-7H,1,4,8H2,2H3,(H,17,18,19). The Kier molecular flexibility index (Phi) is 5.85. The Hall–Kier alpha value is -1.99. The van der Waals surface area contributed by atoms with Crippen LogP contribution in [0.2, 0.25) is 5.02 Å². The van der Waals surface area contributed by atoms with Gasteiger partial charge in [-0.25, -0.2) is 0 Å². The van der Waals surface area contributed by atoms with E-state index < -0.39 is 0 Å². The van der Waals surface area contributed by atoms with Crippen LogP contribution in [0, 0.1) is 0 Å². The van der Waals surface area contributed by atoms with Crippen LogP contribution in [0.4, 0.5) is 0 Å². The van der Waals surface area contributed by atoms with E-state index in [4.69, 9.17) is 21.1 Å². The number of rotatable bonds is 6. The van der Waals surface area contributed by atoms with Crippen LogP contribution >= 0.6 is 23.4 Å². The van der Waals surface area contributed by atoms with Crippen molar-refractivity contribution in [3.05, 3.63) is 35.4 Å². The SMILES string of the molecule is C=CCOc1cc(Cl)c(C=NN=C2NC(=O)CS2)cc1OC. The number of amidine groups is 1. The average molecular weight is 340 g/mol. The maximum Gasteiger partial charge on any atom is 0.236 e. The molecule has 8 heteroatoms. The molecule has 1 heterocycles. The highest BCUT2D eigenvalue weighted by molar-refractivity contribution is 8.15. The molecule has 0 radical (unpaired) electrons. The van der Waals surface area contributed by atoms with Crippen LogP contribution in [0.25, 0.3) is 0 Å². The lowest BCUT2D eigenvalue weighted by molar-refractivity contribution is -0.116. The third kappa shape index (κ3) is 4.25. The van der Waals surface area contributed by atoms with Crippen molar-refractivity contribution in [3.63, 3.8) is 0 Å². The third-order valence-corrected chi connectivity index (χ3v) is 3.76. The van der Waals surface area contributed by atoms with Gasteiger partial charge in [-0.15, -0.1) is 5.10 Å². The number of amides is 1. The van der Waals surface area contributed by atoms with Crippen LogP contribution in [0.3, 0.4) is 0 Å². The first-order valence-corrected chi connectivity index (χ1v) is 7.65. The van der Waals surface area contributed by atoms with Crippen LogP contribution in [-0.4, -0.2) is 36.8 Å². The molecule has 0 unspecified atom stereocenters. The molecule has 1 aromatic carbocycles. The van der Waals surface area contributed by atoms with Gasteiger partial charge < -0.3 is 14.8 Å². The number of methoxy groups -OCH3 is 1. The smallest absolute Gasteiger partial charge is 0.236 e. The summed E-state index contributed by atoms with van der Waals surface area (Å²) >= 11 is 7.48. The van der Waals surface area contributed by atoms with Gasteiger partial charge in [0.2, 0.25) is 5.91 Å². The van der Waals surface area contributed by atoms with Crippen molar-refractivity contribution in [1.29, 1.82) is 0 Å². The molecule has 6 nitrogen and oxygen atoms in total. The molecule has 22 heavy (non-hydrogen) atoms. The highest BCUT2D eigenvalue weighted by Crippen LogP contribution is 2.32. The fourth-order valence-electron chi connectivity index (χ4n) is 1.59. The monoisotopic (exact) mass is 339 g/mol. The Balaban J connectivity index is 2.16. The van der Waals surface area contributed by atoms with Gasteiger partial charge in [0, 0.05) is 11.6 Å². The second-order valence-electron chi connectivity index (χ2n) is 4.11. The van der Waals surface area contributed by atoms with Gasteiger partial charge in [0.05, 0.1) is 24.1 Å². The molecule has 1 aliphatic heterocycles. The summed E-state index contributed by atoms with van der Waals surface area (Å²) in [6.45, 7) is 3.94. The van der Waals surface area contributed by atoms with E-state index in [-0.39, 0.29) is 5.91 Å². The zero-order chi connectivity index (χ0) is 15.9. The zero-order valence-electron chi connectivity index (χ0n) is 11.8. The summed E-state index contributed by atoms with van der Waals surface area (Å²) in [6, 6.07) is 3.34. The Morgan fingerprint density at radius 1 is 1.50 bits per heavy atom. The molecule has 2 rings (SSSR count). The largest absolute Gasteiger partial charge is 0.493 e. The molecule has 0 aromatic heterocycles. The summed E-state index contributed by atoms with van der Waals surface area (Å²) in [5, 5.41) is 11.3. The number of nitrogens with one attached hydrogen (secondary N) is 1. The van der Waals surface area contributed by atoms with E-state index in [1.165, 1.54) is 25.1 Å². The van der Waals surface area contributed by atoms with Crippen LogP contribution in [-0.2, 0) is 4.79 Å². The molecular weight excluding hydrogens is 326 g/mol. The van der Waals surface area contributed by atoms with E-state index in [9.17, 15) is 4.79 Å². The lowest BCUT2D eigenvalue weighted by atomic mass is 10.2. The molecule has 0 bridgehead atoms. The normalized spacial score (nSPS) is 16.1. The van der Waals surface area contributed by atoms with Gasteiger partial charge in [0.15, 0.2) is 16.7 Å². The molecule has 1 saturated heterocycles. The number of hydrogen-bond acceptors (Lipinski definition) is 6. The van der Waals surface area contributed by atoms with E-state index in [2.05, 4.69) is 22.1 Å². The number of hydrogen-bond donors (Lipinski definition) is 1. The fraction of sp³-hybridized carbons (Fsp3) is 0.214. The molecule has 1 aromatic rings. The van der Waals surface area contributed by atoms with E-state index in [1.54, 1.807) is 18.2 Å². The van der Waals surface area contributed by atoms with Crippen molar-refractivity contribution in [1.82, 2.24) is 5.32 Å². The number of nitrogens with zero attached hydrogens (tertiary/aromatic N) is 2. The number of ether oxygens (including phenoxy) is 2. The molecule has 116 valence electrons. The van der Waals surface area contributed by atoms with E-state index in [1.807, 2.05) is 0 Å². The molecule has 0 aliphatic carbocycles. The van der Waals surface area contributed by atoms with Gasteiger partial charge in [-0.05, 0) is 6.07 Å². The maximum atomic E-state index is 11.0. The van der Waals surface area contributed by atoms with Crippen molar-refractivity contribution in [2.45, 2.75) is 0 Å². The summed E-state index contributed by atoms with van der Waals surface area (Å²) in [6.07, 6.45) is 3.12. The van der Waals surface area contributed by atoms with Crippen molar-refractivity contribution in [2.24, 2.45) is 10.2 Å². The zero-order valence-corrected chi connectivity index (χ0v) is 13.4. The van der Waals surface area contributed by atoms with Crippen molar-refractivity contribution in [2.75, 3.05) is 19.5 Å². The summed E-state index contributed by atoms with van der Waals surface area (Å²) in [5.74, 6) is 1.33. The Morgan fingerprint density at radius 2 is 2.32 bits per heavy atom. The first-order chi connectivity index (χ1) is 10.6. The average Bonchev–Trinajstić information content (AvgIpc) is 2.92. The second-order valence-corrected chi connectivity index (χ2v) is 5.48. The second kappa shape index (κ2) is 7.86. The van der Waals surface area contributed by atoms with Gasteiger partial charge in [-0.3, -0.25) is 4.79 Å². The van der Waals surface area contributed by atoms with Gasteiger partial charge in [-0.2, -0.15) is 5.10 Å². The van der Waals surface area contributed by atoms with E-state index in [0.29, 0.717) is 39.6 Å². The first-order valence-electron chi connectivity index (χ1n) is 6.29. The summed E-state index contributed by atoms with van der Waals surface area (Å²) in [5.41, 5.74) is 0.628. The molecule has 1 N–H and O–H groups in total. The van der Waals surface area contributed by atoms with Crippen LogP contribution < -0.4 is 14.8 Å². The van der Waals surface area contributed by atoms with Crippen molar-refractivity contribution < 1.29 is 14.3 Å². The Bertz CT molecular complexity index is 646. The highest BCUT2D eigenvalue weighted by Gasteiger charge is 2.16. The van der Waals surface area contributed by atoms with Crippen LogP contribution in [0.15, 0.2) is 35.0 Å². The number of halogens is 1. The quantitative estimate of drug-likeness (QED) is 0.491. The van der Waals surface area contributed by atoms with Gasteiger partial charge in [0.25, 0.3) is 0 Å². The molecule has 1 aliphatic rings. The van der Waals surface area contributed by atoms with Gasteiger partial charge in [0.1, 0.15) is 6.61 Å². The van der Waals surface area contributed by atoms with Gasteiger partial charge >= 0.3 is 0 Å². The van der Waals surface area contributed by atoms with Crippen molar-refractivity contribution >= 4 is 40.7 Å². The number of benzene rings is 1. The van der Waals surface area contributed by atoms with E-state index >= 15 is 0 Å². The lowest BCUT2D eigenvalue weighted by Gasteiger charge is -2.11. The molecule has 1 amide bonds. The Labute approximate surface area is 137 Å². The summed E-state index contributed by atoms with van der Waals surface area (Å²) < 4.78 is 10.7. The highest BCUT2D eigenvalue weighted by atomic mass is 35.5. The molecule has 1 fully saturated rings. The number of carbonyl (C=O) groups excluding carboxylic acids is 1. The number of thioether (sulfide) groups is 1. The van der Waals surface area contributed by atoms with Gasteiger partial charge in [-0.1, -0.05) is 36.0 Å².